The second-order valence-corrected chi connectivity index (χ2v) is 4.03. The van der Waals surface area contributed by atoms with E-state index in [4.69, 9.17) is 0 Å². The van der Waals surface area contributed by atoms with Crippen molar-refractivity contribution in [3.8, 4) is 11.5 Å². The molecular weight excluding hydrogens is 226 g/mol. The standard InChI is InChI=1S/C13H17N5/c1-3-4-8-15-13-17-10(2)16-12(18-13)11-7-5-6-9-14-11/h5-7,9H,3-4,8H2,1-2H3,(H,15,16,17,18). The molecule has 0 atom stereocenters. The molecule has 0 aliphatic rings. The van der Waals surface area contributed by atoms with E-state index >= 15 is 0 Å². The highest BCUT2D eigenvalue weighted by Gasteiger charge is 2.06. The van der Waals surface area contributed by atoms with Gasteiger partial charge in [0.05, 0.1) is 0 Å². The van der Waals surface area contributed by atoms with Crippen molar-refractivity contribution in [2.45, 2.75) is 26.7 Å². The van der Waals surface area contributed by atoms with E-state index in [-0.39, 0.29) is 0 Å². The topological polar surface area (TPSA) is 63.6 Å². The lowest BCUT2D eigenvalue weighted by Gasteiger charge is -2.06. The van der Waals surface area contributed by atoms with Crippen molar-refractivity contribution in [2.75, 3.05) is 11.9 Å². The van der Waals surface area contributed by atoms with Gasteiger partial charge < -0.3 is 5.32 Å². The molecule has 5 heteroatoms. The molecule has 0 bridgehead atoms. The van der Waals surface area contributed by atoms with Crippen molar-refractivity contribution in [1.82, 2.24) is 19.9 Å². The molecule has 5 nitrogen and oxygen atoms in total. The van der Waals surface area contributed by atoms with Crippen LogP contribution in [0.15, 0.2) is 24.4 Å². The van der Waals surface area contributed by atoms with Gasteiger partial charge in [0.25, 0.3) is 0 Å². The first-order valence-electron chi connectivity index (χ1n) is 6.17. The van der Waals surface area contributed by atoms with Crippen molar-refractivity contribution < 1.29 is 0 Å². The molecule has 0 unspecified atom stereocenters. The van der Waals surface area contributed by atoms with E-state index in [1.165, 1.54) is 0 Å². The highest BCUT2D eigenvalue weighted by Crippen LogP contribution is 2.12. The van der Waals surface area contributed by atoms with Crippen LogP contribution in [0.5, 0.6) is 0 Å². The average molecular weight is 243 g/mol. The first-order chi connectivity index (χ1) is 8.79. The molecule has 0 aromatic carbocycles. The minimum absolute atomic E-state index is 0.613. The van der Waals surface area contributed by atoms with Crippen LogP contribution in [-0.4, -0.2) is 26.5 Å². The van der Waals surface area contributed by atoms with Gasteiger partial charge >= 0.3 is 0 Å². The van der Waals surface area contributed by atoms with E-state index in [2.05, 4.69) is 32.2 Å². The Morgan fingerprint density at radius 2 is 2.06 bits per heavy atom. The van der Waals surface area contributed by atoms with E-state index in [0.29, 0.717) is 17.6 Å². The largest absolute Gasteiger partial charge is 0.354 e. The number of aryl methyl sites for hydroxylation is 1. The smallest absolute Gasteiger partial charge is 0.226 e. The number of nitrogens with one attached hydrogen (secondary N) is 1. The zero-order valence-electron chi connectivity index (χ0n) is 10.7. The van der Waals surface area contributed by atoms with Crippen LogP contribution in [0.2, 0.25) is 0 Å². The van der Waals surface area contributed by atoms with Crippen molar-refractivity contribution in [3.05, 3.63) is 30.2 Å². The Labute approximate surface area is 107 Å². The van der Waals surface area contributed by atoms with E-state index in [0.717, 1.165) is 25.1 Å². The summed E-state index contributed by atoms with van der Waals surface area (Å²) in [6, 6.07) is 5.69. The molecular formula is C13H17N5. The zero-order valence-corrected chi connectivity index (χ0v) is 10.7. The lowest BCUT2D eigenvalue weighted by Crippen LogP contribution is -2.08. The van der Waals surface area contributed by atoms with E-state index < -0.39 is 0 Å². The van der Waals surface area contributed by atoms with Gasteiger partial charge in [-0.25, -0.2) is 4.98 Å². The third-order valence-electron chi connectivity index (χ3n) is 2.45. The van der Waals surface area contributed by atoms with Gasteiger partial charge in [0.15, 0.2) is 5.82 Å². The van der Waals surface area contributed by atoms with Crippen LogP contribution >= 0.6 is 0 Å². The van der Waals surface area contributed by atoms with Crippen molar-refractivity contribution in [3.63, 3.8) is 0 Å². The second kappa shape index (κ2) is 6.05. The first kappa shape index (κ1) is 12.4. The molecule has 0 aliphatic heterocycles. The summed E-state index contributed by atoms with van der Waals surface area (Å²) in [4.78, 5) is 17.2. The molecule has 0 saturated carbocycles. The summed E-state index contributed by atoms with van der Waals surface area (Å²) in [5.41, 5.74) is 0.765. The molecule has 0 aliphatic carbocycles. The molecule has 18 heavy (non-hydrogen) atoms. The molecule has 0 saturated heterocycles. The van der Waals surface area contributed by atoms with Crippen LogP contribution in [0, 0.1) is 6.92 Å². The van der Waals surface area contributed by atoms with Gasteiger partial charge in [-0.2, -0.15) is 9.97 Å². The summed E-state index contributed by atoms with van der Waals surface area (Å²) in [6.07, 6.45) is 3.98. The fourth-order valence-corrected chi connectivity index (χ4v) is 1.55. The summed E-state index contributed by atoms with van der Waals surface area (Å²) in [5, 5.41) is 3.21. The Hall–Kier alpha value is -2.04. The van der Waals surface area contributed by atoms with Gasteiger partial charge in [-0.05, 0) is 25.5 Å². The van der Waals surface area contributed by atoms with E-state index in [1.807, 2.05) is 25.1 Å². The molecule has 2 rings (SSSR count). The normalized spacial score (nSPS) is 10.3. The average Bonchev–Trinajstić information content (AvgIpc) is 2.39. The number of anilines is 1. The molecule has 2 aromatic heterocycles. The molecule has 1 N–H and O–H groups in total. The molecule has 0 amide bonds. The van der Waals surface area contributed by atoms with E-state index in [9.17, 15) is 0 Å². The lowest BCUT2D eigenvalue weighted by molar-refractivity contribution is 0.821. The van der Waals surface area contributed by atoms with Crippen LogP contribution in [0.3, 0.4) is 0 Å². The molecule has 0 spiro atoms. The van der Waals surface area contributed by atoms with Gasteiger partial charge in [-0.1, -0.05) is 19.4 Å². The van der Waals surface area contributed by atoms with Crippen LogP contribution in [0.1, 0.15) is 25.6 Å². The summed E-state index contributed by atoms with van der Waals surface area (Å²) in [5.74, 6) is 1.93. The fourth-order valence-electron chi connectivity index (χ4n) is 1.55. The van der Waals surface area contributed by atoms with Crippen LogP contribution in [0.4, 0.5) is 5.95 Å². The van der Waals surface area contributed by atoms with Crippen LogP contribution in [-0.2, 0) is 0 Å². The monoisotopic (exact) mass is 243 g/mol. The minimum Gasteiger partial charge on any atom is -0.354 e. The van der Waals surface area contributed by atoms with Gasteiger partial charge in [0.1, 0.15) is 11.5 Å². The summed E-state index contributed by atoms with van der Waals surface area (Å²) < 4.78 is 0. The Morgan fingerprint density at radius 1 is 1.17 bits per heavy atom. The maximum atomic E-state index is 4.38. The molecule has 2 heterocycles. The summed E-state index contributed by atoms with van der Waals surface area (Å²) in [6.45, 7) is 4.89. The highest BCUT2D eigenvalue weighted by atomic mass is 15.2. The third-order valence-corrected chi connectivity index (χ3v) is 2.45. The SMILES string of the molecule is CCCCNc1nc(C)nc(-c2ccccn2)n1. The van der Waals surface area contributed by atoms with Gasteiger partial charge in [0.2, 0.25) is 5.95 Å². The quantitative estimate of drug-likeness (QED) is 0.817. The van der Waals surface area contributed by atoms with Crippen molar-refractivity contribution >= 4 is 5.95 Å². The van der Waals surface area contributed by atoms with Gasteiger partial charge in [0, 0.05) is 12.7 Å². The number of unbranched alkanes of at least 4 members (excludes halogenated alkanes) is 1. The zero-order chi connectivity index (χ0) is 12.8. The summed E-state index contributed by atoms with van der Waals surface area (Å²) in [7, 11) is 0. The van der Waals surface area contributed by atoms with Crippen LogP contribution < -0.4 is 5.32 Å². The third kappa shape index (κ3) is 3.23. The predicted octanol–water partition coefficient (Wildman–Crippen LogP) is 2.45. The molecule has 0 fully saturated rings. The number of nitrogens with zero attached hydrogens (tertiary/aromatic N) is 4. The number of aromatic nitrogens is 4. The predicted molar refractivity (Wildman–Crippen MR) is 71.2 cm³/mol. The van der Waals surface area contributed by atoms with Crippen LogP contribution in [0.25, 0.3) is 11.5 Å². The Bertz CT molecular complexity index is 498. The highest BCUT2D eigenvalue weighted by molar-refractivity contribution is 5.50. The minimum atomic E-state index is 0.613. The van der Waals surface area contributed by atoms with E-state index in [1.54, 1.807) is 6.20 Å². The number of pyridine rings is 1. The Kier molecular flexibility index (Phi) is 4.17. The number of rotatable bonds is 5. The Morgan fingerprint density at radius 3 is 2.78 bits per heavy atom. The first-order valence-corrected chi connectivity index (χ1v) is 6.17. The molecule has 0 radical (unpaired) electrons. The lowest BCUT2D eigenvalue weighted by atomic mass is 10.3. The second-order valence-electron chi connectivity index (χ2n) is 4.03. The maximum Gasteiger partial charge on any atom is 0.226 e. The number of hydrogen-bond donors (Lipinski definition) is 1. The Balaban J connectivity index is 2.21. The summed E-state index contributed by atoms with van der Waals surface area (Å²) >= 11 is 0. The van der Waals surface area contributed by atoms with Gasteiger partial charge in [-0.3, -0.25) is 4.98 Å². The van der Waals surface area contributed by atoms with Crippen molar-refractivity contribution in [1.29, 1.82) is 0 Å². The maximum absolute atomic E-state index is 4.38. The van der Waals surface area contributed by atoms with Gasteiger partial charge in [-0.15, -0.1) is 0 Å². The molecule has 94 valence electrons. The fraction of sp³-hybridized carbons (Fsp3) is 0.385. The molecule has 2 aromatic rings. The number of hydrogen-bond acceptors (Lipinski definition) is 5. The van der Waals surface area contributed by atoms with Crippen molar-refractivity contribution in [2.24, 2.45) is 0 Å².